The maximum absolute atomic E-state index is 12.6. The van der Waals surface area contributed by atoms with Crippen LogP contribution in [0.15, 0.2) is 4.99 Å². The summed E-state index contributed by atoms with van der Waals surface area (Å²) >= 11 is 0. The monoisotopic (exact) mass is 364 g/mol. The molecule has 1 N–H and O–H groups in total. The number of aliphatic imine (C=N–C) groups is 1. The van der Waals surface area contributed by atoms with Crippen molar-refractivity contribution in [3.05, 3.63) is 0 Å². The first-order valence-corrected chi connectivity index (χ1v) is 9.15. The molecule has 1 unspecified atom stereocenters. The van der Waals surface area contributed by atoms with E-state index in [2.05, 4.69) is 17.1 Å². The van der Waals surface area contributed by atoms with E-state index in [1.807, 2.05) is 6.92 Å². The predicted octanol–water partition coefficient (Wildman–Crippen LogP) is 2.19. The summed E-state index contributed by atoms with van der Waals surface area (Å²) in [5.74, 6) is 1.12. The van der Waals surface area contributed by atoms with Crippen molar-refractivity contribution in [2.45, 2.75) is 33.4 Å². The van der Waals surface area contributed by atoms with E-state index in [0.717, 1.165) is 45.2 Å². The normalized spacial score (nSPS) is 23.9. The molecule has 0 amide bonds. The Morgan fingerprint density at radius 1 is 1.36 bits per heavy atom. The Bertz CT molecular complexity index is 452. The fourth-order valence-electron chi connectivity index (χ4n) is 3.33. The molecule has 25 heavy (non-hydrogen) atoms. The molecular weight excluding hydrogens is 333 g/mol. The summed E-state index contributed by atoms with van der Waals surface area (Å²) in [6.07, 6.45) is -3.23. The van der Waals surface area contributed by atoms with Crippen molar-refractivity contribution in [2.24, 2.45) is 16.3 Å². The second-order valence-electron chi connectivity index (χ2n) is 7.52. The number of ether oxygens (including phenoxy) is 1. The van der Waals surface area contributed by atoms with E-state index in [0.29, 0.717) is 19.6 Å². The van der Waals surface area contributed by atoms with Gasteiger partial charge in [0.2, 0.25) is 0 Å². The topological polar surface area (TPSA) is 40.1 Å². The molecule has 0 aliphatic carbocycles. The van der Waals surface area contributed by atoms with Crippen LogP contribution >= 0.6 is 0 Å². The van der Waals surface area contributed by atoms with Crippen LogP contribution in [0.3, 0.4) is 0 Å². The van der Waals surface area contributed by atoms with Gasteiger partial charge in [0.25, 0.3) is 0 Å². The Hall–Kier alpha value is -1.02. The zero-order chi connectivity index (χ0) is 18.5. The van der Waals surface area contributed by atoms with Gasteiger partial charge in [0.1, 0.15) is 0 Å². The zero-order valence-electron chi connectivity index (χ0n) is 15.5. The van der Waals surface area contributed by atoms with Gasteiger partial charge in [-0.2, -0.15) is 13.2 Å². The molecule has 0 bridgehead atoms. The van der Waals surface area contributed by atoms with Gasteiger partial charge in [0.05, 0.1) is 26.3 Å². The number of hydrogen-bond acceptors (Lipinski definition) is 3. The van der Waals surface area contributed by atoms with Crippen LogP contribution in [0.1, 0.15) is 27.2 Å². The molecule has 2 saturated heterocycles. The average Bonchev–Trinajstić information content (AvgIpc) is 2.95. The molecule has 0 spiro atoms. The highest BCUT2D eigenvalue weighted by atomic mass is 19.4. The second-order valence-corrected chi connectivity index (χ2v) is 7.52. The predicted molar refractivity (Wildman–Crippen MR) is 92.8 cm³/mol. The number of nitrogens with one attached hydrogen (secondary N) is 1. The molecule has 2 heterocycles. The van der Waals surface area contributed by atoms with Gasteiger partial charge in [0.15, 0.2) is 5.96 Å². The molecule has 2 fully saturated rings. The van der Waals surface area contributed by atoms with Gasteiger partial charge < -0.3 is 15.0 Å². The minimum atomic E-state index is -4.13. The van der Waals surface area contributed by atoms with E-state index in [1.165, 1.54) is 4.90 Å². The maximum Gasteiger partial charge on any atom is 0.401 e. The van der Waals surface area contributed by atoms with Gasteiger partial charge in [-0.1, -0.05) is 13.8 Å². The Kier molecular flexibility index (Phi) is 6.96. The Morgan fingerprint density at radius 3 is 2.60 bits per heavy atom. The van der Waals surface area contributed by atoms with Crippen molar-refractivity contribution < 1.29 is 17.9 Å². The zero-order valence-corrected chi connectivity index (χ0v) is 15.5. The van der Waals surface area contributed by atoms with Crippen molar-refractivity contribution in [2.75, 3.05) is 59.0 Å². The van der Waals surface area contributed by atoms with Gasteiger partial charge in [-0.05, 0) is 25.8 Å². The lowest BCUT2D eigenvalue weighted by atomic mass is 9.89. The SMILES string of the molecule is CCNC(=NCC1(C)COC1)N1CCC(CN(CC)CC(F)(F)F)C1. The van der Waals surface area contributed by atoms with E-state index in [4.69, 9.17) is 9.73 Å². The molecular formula is C17H31F3N4O. The van der Waals surface area contributed by atoms with Gasteiger partial charge in [-0.3, -0.25) is 9.89 Å². The van der Waals surface area contributed by atoms with Gasteiger partial charge in [-0.15, -0.1) is 0 Å². The summed E-state index contributed by atoms with van der Waals surface area (Å²) in [7, 11) is 0. The number of likely N-dealkylation sites (tertiary alicyclic amines) is 1. The van der Waals surface area contributed by atoms with Crippen molar-refractivity contribution in [3.8, 4) is 0 Å². The van der Waals surface area contributed by atoms with Gasteiger partial charge in [0, 0.05) is 31.6 Å². The van der Waals surface area contributed by atoms with Crippen LogP contribution in [0.2, 0.25) is 0 Å². The lowest BCUT2D eigenvalue weighted by Crippen LogP contribution is -2.45. The highest BCUT2D eigenvalue weighted by molar-refractivity contribution is 5.80. The van der Waals surface area contributed by atoms with E-state index in [-0.39, 0.29) is 11.3 Å². The molecule has 0 saturated carbocycles. The summed E-state index contributed by atoms with van der Waals surface area (Å²) in [4.78, 5) is 8.41. The fraction of sp³-hybridized carbons (Fsp3) is 0.941. The van der Waals surface area contributed by atoms with E-state index >= 15 is 0 Å². The molecule has 0 radical (unpaired) electrons. The Morgan fingerprint density at radius 2 is 2.08 bits per heavy atom. The molecule has 0 aromatic rings. The standard InChI is InChI=1S/C17H31F3N4O/c1-4-21-15(22-10-16(3)12-25-13-16)24-7-6-14(9-24)8-23(5-2)11-17(18,19)20/h14H,4-13H2,1-3H3,(H,21,22). The summed E-state index contributed by atoms with van der Waals surface area (Å²) in [6.45, 7) is 10.6. The van der Waals surface area contributed by atoms with E-state index in [1.54, 1.807) is 6.92 Å². The van der Waals surface area contributed by atoms with Crippen molar-refractivity contribution in [3.63, 3.8) is 0 Å². The average molecular weight is 364 g/mol. The van der Waals surface area contributed by atoms with Crippen LogP contribution < -0.4 is 5.32 Å². The molecule has 2 rings (SSSR count). The second kappa shape index (κ2) is 8.58. The summed E-state index contributed by atoms with van der Waals surface area (Å²) < 4.78 is 43.2. The molecule has 5 nitrogen and oxygen atoms in total. The van der Waals surface area contributed by atoms with Gasteiger partial charge >= 0.3 is 6.18 Å². The number of halogens is 3. The third-order valence-corrected chi connectivity index (χ3v) is 4.80. The van der Waals surface area contributed by atoms with E-state index in [9.17, 15) is 13.2 Å². The third kappa shape index (κ3) is 6.33. The highest BCUT2D eigenvalue weighted by Gasteiger charge is 2.35. The molecule has 146 valence electrons. The fourth-order valence-corrected chi connectivity index (χ4v) is 3.33. The summed E-state index contributed by atoms with van der Waals surface area (Å²) in [5, 5.41) is 3.31. The quantitative estimate of drug-likeness (QED) is 0.555. The van der Waals surface area contributed by atoms with Crippen LogP contribution in [-0.4, -0.2) is 81.0 Å². The number of guanidine groups is 1. The molecule has 8 heteroatoms. The minimum Gasteiger partial charge on any atom is -0.380 e. The summed E-state index contributed by atoms with van der Waals surface area (Å²) in [5.41, 5.74) is 0.117. The Labute approximate surface area is 148 Å². The van der Waals surface area contributed by atoms with Crippen molar-refractivity contribution in [1.29, 1.82) is 0 Å². The van der Waals surface area contributed by atoms with Crippen molar-refractivity contribution >= 4 is 5.96 Å². The highest BCUT2D eigenvalue weighted by Crippen LogP contribution is 2.27. The van der Waals surface area contributed by atoms with Gasteiger partial charge in [-0.25, -0.2) is 0 Å². The molecule has 1 atom stereocenters. The first-order chi connectivity index (χ1) is 11.7. The molecule has 2 aliphatic heterocycles. The smallest absolute Gasteiger partial charge is 0.380 e. The molecule has 2 aliphatic rings. The first kappa shape index (κ1) is 20.3. The number of nitrogens with zero attached hydrogens (tertiary/aromatic N) is 3. The number of alkyl halides is 3. The van der Waals surface area contributed by atoms with E-state index < -0.39 is 12.7 Å². The number of rotatable bonds is 7. The largest absolute Gasteiger partial charge is 0.401 e. The lowest BCUT2D eigenvalue weighted by Gasteiger charge is -2.37. The Balaban J connectivity index is 1.88. The molecule has 0 aromatic heterocycles. The maximum atomic E-state index is 12.6. The van der Waals surface area contributed by atoms with Crippen LogP contribution in [0, 0.1) is 11.3 Å². The van der Waals surface area contributed by atoms with Crippen LogP contribution in [0.25, 0.3) is 0 Å². The van der Waals surface area contributed by atoms with Crippen LogP contribution in [-0.2, 0) is 4.74 Å². The minimum absolute atomic E-state index is 0.117. The van der Waals surface area contributed by atoms with Crippen LogP contribution in [0.4, 0.5) is 13.2 Å². The van der Waals surface area contributed by atoms with Crippen LogP contribution in [0.5, 0.6) is 0 Å². The lowest BCUT2D eigenvalue weighted by molar-refractivity contribution is -0.146. The third-order valence-electron chi connectivity index (χ3n) is 4.80. The number of hydrogen-bond donors (Lipinski definition) is 1. The van der Waals surface area contributed by atoms with Crippen molar-refractivity contribution in [1.82, 2.24) is 15.1 Å². The first-order valence-electron chi connectivity index (χ1n) is 9.15. The molecule has 0 aromatic carbocycles. The summed E-state index contributed by atoms with van der Waals surface area (Å²) in [6, 6.07) is 0.